The van der Waals surface area contributed by atoms with Gasteiger partial charge < -0.3 is 0 Å². The first-order valence-corrected chi connectivity index (χ1v) is 7.27. The summed E-state index contributed by atoms with van der Waals surface area (Å²) < 4.78 is 28.1. The molecule has 0 saturated heterocycles. The van der Waals surface area contributed by atoms with Crippen LogP contribution in [0.4, 0.5) is 0 Å². The summed E-state index contributed by atoms with van der Waals surface area (Å²) in [6, 6.07) is 9.32. The molecule has 0 heterocycles. The molecule has 0 aliphatic heterocycles. The Bertz CT molecular complexity index is 427. The minimum Gasteiger partial charge on any atom is -0.195 e. The summed E-state index contributed by atoms with van der Waals surface area (Å²) in [5.74, 6) is 0. The fourth-order valence-electron chi connectivity index (χ4n) is 1.67. The maximum atomic E-state index is 12.0. The molecule has 0 radical (unpaired) electrons. The molecular formula is C12H20N2O2S. The van der Waals surface area contributed by atoms with E-state index in [-0.39, 0.29) is 6.04 Å². The lowest BCUT2D eigenvalue weighted by atomic mass is 10.1. The van der Waals surface area contributed by atoms with Crippen LogP contribution in [-0.2, 0) is 10.2 Å². The molecule has 0 aliphatic carbocycles. The number of hydrogen-bond acceptors (Lipinski definition) is 2. The molecule has 0 fully saturated rings. The smallest absolute Gasteiger partial charge is 0.195 e. The van der Waals surface area contributed by atoms with Crippen molar-refractivity contribution >= 4 is 10.2 Å². The minimum atomic E-state index is -3.39. The van der Waals surface area contributed by atoms with Crippen LogP contribution in [-0.4, -0.2) is 25.8 Å². The average molecular weight is 256 g/mol. The maximum absolute atomic E-state index is 12.0. The van der Waals surface area contributed by atoms with Gasteiger partial charge in [0.1, 0.15) is 0 Å². The van der Waals surface area contributed by atoms with Crippen molar-refractivity contribution in [3.8, 4) is 0 Å². The number of nitrogens with one attached hydrogen (secondary N) is 1. The third-order valence-electron chi connectivity index (χ3n) is 2.67. The number of nitrogens with zero attached hydrogens (tertiary/aromatic N) is 1. The highest BCUT2D eigenvalue weighted by atomic mass is 32.2. The molecule has 1 atom stereocenters. The van der Waals surface area contributed by atoms with Crippen LogP contribution >= 0.6 is 0 Å². The van der Waals surface area contributed by atoms with E-state index in [9.17, 15) is 8.42 Å². The summed E-state index contributed by atoms with van der Waals surface area (Å²) in [7, 11) is -3.39. The SMILES string of the molecule is CCN(CC)S(=O)(=O)N[C@@H](C)c1ccccc1. The number of hydrogen-bond donors (Lipinski definition) is 1. The molecule has 0 unspecified atom stereocenters. The lowest BCUT2D eigenvalue weighted by Gasteiger charge is -2.22. The summed E-state index contributed by atoms with van der Waals surface area (Å²) in [5, 5.41) is 0. The molecule has 0 aromatic heterocycles. The Labute approximate surface area is 104 Å². The van der Waals surface area contributed by atoms with E-state index in [0.717, 1.165) is 5.56 Å². The molecule has 0 aliphatic rings. The van der Waals surface area contributed by atoms with Gasteiger partial charge >= 0.3 is 0 Å². The van der Waals surface area contributed by atoms with Crippen molar-refractivity contribution in [2.24, 2.45) is 0 Å². The van der Waals surface area contributed by atoms with Gasteiger partial charge in [-0.25, -0.2) is 0 Å². The molecule has 0 bridgehead atoms. The standard InChI is InChI=1S/C12H20N2O2S/c1-4-14(5-2)17(15,16)13-11(3)12-9-7-6-8-10-12/h6-11,13H,4-5H2,1-3H3/t11-/m0/s1. The quantitative estimate of drug-likeness (QED) is 0.845. The predicted octanol–water partition coefficient (Wildman–Crippen LogP) is 1.92. The van der Waals surface area contributed by atoms with Gasteiger partial charge in [-0.15, -0.1) is 0 Å². The van der Waals surface area contributed by atoms with Crippen molar-refractivity contribution in [1.82, 2.24) is 9.03 Å². The second kappa shape index (κ2) is 6.14. The molecule has 0 amide bonds. The molecule has 96 valence electrons. The number of rotatable bonds is 6. The molecule has 1 rings (SSSR count). The molecule has 5 heteroatoms. The minimum absolute atomic E-state index is 0.221. The molecule has 0 spiro atoms. The second-order valence-corrected chi connectivity index (χ2v) is 5.54. The van der Waals surface area contributed by atoms with Gasteiger partial charge in [-0.2, -0.15) is 17.4 Å². The number of benzene rings is 1. The van der Waals surface area contributed by atoms with Crippen molar-refractivity contribution < 1.29 is 8.42 Å². The second-order valence-electron chi connectivity index (χ2n) is 3.84. The van der Waals surface area contributed by atoms with Crippen LogP contribution in [0.1, 0.15) is 32.4 Å². The van der Waals surface area contributed by atoms with E-state index in [1.807, 2.05) is 51.1 Å². The molecule has 1 N–H and O–H groups in total. The van der Waals surface area contributed by atoms with Gasteiger partial charge in [0.05, 0.1) is 0 Å². The van der Waals surface area contributed by atoms with Gasteiger partial charge in [-0.3, -0.25) is 0 Å². The third kappa shape index (κ3) is 3.80. The Kier molecular flexibility index (Phi) is 5.11. The lowest BCUT2D eigenvalue weighted by Crippen LogP contribution is -2.41. The van der Waals surface area contributed by atoms with Gasteiger partial charge in [-0.1, -0.05) is 44.2 Å². The Balaban J connectivity index is 2.78. The van der Waals surface area contributed by atoms with E-state index in [0.29, 0.717) is 13.1 Å². The first kappa shape index (κ1) is 14.2. The summed E-state index contributed by atoms with van der Waals surface area (Å²) in [6.45, 7) is 6.46. The molecular weight excluding hydrogens is 236 g/mol. The molecule has 0 saturated carbocycles. The van der Waals surface area contributed by atoms with Gasteiger partial charge in [-0.05, 0) is 12.5 Å². The summed E-state index contributed by atoms with van der Waals surface area (Å²) in [6.07, 6.45) is 0. The van der Waals surface area contributed by atoms with E-state index >= 15 is 0 Å². The Morgan fingerprint density at radius 3 is 2.18 bits per heavy atom. The highest BCUT2D eigenvalue weighted by molar-refractivity contribution is 7.87. The Morgan fingerprint density at radius 2 is 1.71 bits per heavy atom. The average Bonchev–Trinajstić information content (AvgIpc) is 2.30. The van der Waals surface area contributed by atoms with Crippen LogP contribution < -0.4 is 4.72 Å². The van der Waals surface area contributed by atoms with E-state index in [4.69, 9.17) is 0 Å². The van der Waals surface area contributed by atoms with Crippen molar-refractivity contribution in [2.45, 2.75) is 26.8 Å². The Hall–Kier alpha value is -0.910. The highest BCUT2D eigenvalue weighted by Crippen LogP contribution is 2.13. The predicted molar refractivity (Wildman–Crippen MR) is 69.8 cm³/mol. The largest absolute Gasteiger partial charge is 0.279 e. The van der Waals surface area contributed by atoms with E-state index in [1.165, 1.54) is 4.31 Å². The zero-order valence-electron chi connectivity index (χ0n) is 10.6. The fourth-order valence-corrected chi connectivity index (χ4v) is 3.08. The van der Waals surface area contributed by atoms with Gasteiger partial charge in [0.2, 0.25) is 0 Å². The maximum Gasteiger partial charge on any atom is 0.279 e. The molecule has 1 aromatic carbocycles. The summed E-state index contributed by atoms with van der Waals surface area (Å²) in [4.78, 5) is 0. The zero-order valence-corrected chi connectivity index (χ0v) is 11.4. The fraction of sp³-hybridized carbons (Fsp3) is 0.500. The molecule has 17 heavy (non-hydrogen) atoms. The van der Waals surface area contributed by atoms with Gasteiger partial charge in [0.25, 0.3) is 10.2 Å². The summed E-state index contributed by atoms with van der Waals surface area (Å²) in [5.41, 5.74) is 0.961. The normalized spacial score (nSPS) is 13.9. The van der Waals surface area contributed by atoms with Crippen molar-refractivity contribution in [3.63, 3.8) is 0 Å². The molecule has 4 nitrogen and oxygen atoms in total. The van der Waals surface area contributed by atoms with Crippen LogP contribution in [0, 0.1) is 0 Å². The zero-order chi connectivity index (χ0) is 12.9. The van der Waals surface area contributed by atoms with E-state index in [2.05, 4.69) is 4.72 Å². The van der Waals surface area contributed by atoms with Gasteiger partial charge in [0, 0.05) is 19.1 Å². The van der Waals surface area contributed by atoms with E-state index < -0.39 is 10.2 Å². The van der Waals surface area contributed by atoms with Crippen LogP contribution in [0.2, 0.25) is 0 Å². The van der Waals surface area contributed by atoms with Crippen molar-refractivity contribution in [1.29, 1.82) is 0 Å². The van der Waals surface area contributed by atoms with Crippen LogP contribution in [0.3, 0.4) is 0 Å². The van der Waals surface area contributed by atoms with Crippen LogP contribution in [0.25, 0.3) is 0 Å². The summed E-state index contributed by atoms with van der Waals surface area (Å²) >= 11 is 0. The van der Waals surface area contributed by atoms with Crippen LogP contribution in [0.5, 0.6) is 0 Å². The van der Waals surface area contributed by atoms with Crippen LogP contribution in [0.15, 0.2) is 30.3 Å². The topological polar surface area (TPSA) is 49.4 Å². The Morgan fingerprint density at radius 1 is 1.18 bits per heavy atom. The van der Waals surface area contributed by atoms with Crippen molar-refractivity contribution in [2.75, 3.05) is 13.1 Å². The first-order valence-electron chi connectivity index (χ1n) is 5.83. The lowest BCUT2D eigenvalue weighted by molar-refractivity contribution is 0.429. The first-order chi connectivity index (χ1) is 8.01. The molecule has 1 aromatic rings. The third-order valence-corrected chi connectivity index (χ3v) is 4.52. The van der Waals surface area contributed by atoms with Gasteiger partial charge in [0.15, 0.2) is 0 Å². The highest BCUT2D eigenvalue weighted by Gasteiger charge is 2.21. The van der Waals surface area contributed by atoms with Crippen molar-refractivity contribution in [3.05, 3.63) is 35.9 Å². The van der Waals surface area contributed by atoms with E-state index in [1.54, 1.807) is 0 Å². The monoisotopic (exact) mass is 256 g/mol.